The minimum atomic E-state index is -8.70. The second-order valence-corrected chi connectivity index (χ2v) is 6.45. The molecule has 0 fully saturated rings. The summed E-state index contributed by atoms with van der Waals surface area (Å²) < 4.78 is 244. The Morgan fingerprint density at radius 1 is 0.533 bits per heavy atom. The molecule has 0 heterocycles. The van der Waals surface area contributed by atoms with Crippen LogP contribution in [-0.2, 0) is 10.1 Å². The van der Waals surface area contributed by atoms with Crippen molar-refractivity contribution in [2.24, 2.45) is 0 Å². The molecule has 0 unspecified atom stereocenters. The van der Waals surface area contributed by atoms with Gasteiger partial charge in [-0.25, -0.2) is 4.39 Å². The van der Waals surface area contributed by atoms with Crippen molar-refractivity contribution in [3.63, 3.8) is 0 Å². The van der Waals surface area contributed by atoms with E-state index in [1.165, 1.54) is 0 Å². The van der Waals surface area contributed by atoms with E-state index in [-0.39, 0.29) is 0 Å². The zero-order chi connectivity index (χ0) is 25.2. The summed E-state index contributed by atoms with van der Waals surface area (Å²) in [6.07, 6.45) is -6.97. The Labute approximate surface area is 151 Å². The lowest BCUT2D eigenvalue weighted by Gasteiger charge is -2.40. The first-order valence-electron chi connectivity index (χ1n) is 5.93. The van der Waals surface area contributed by atoms with Crippen molar-refractivity contribution in [1.82, 2.24) is 0 Å². The van der Waals surface area contributed by atoms with Gasteiger partial charge in [0.05, 0.1) is 0 Å². The predicted molar refractivity (Wildman–Crippen MR) is 56.5 cm³/mol. The van der Waals surface area contributed by atoms with Crippen LogP contribution in [0.4, 0.5) is 74.6 Å². The summed E-state index contributed by atoms with van der Waals surface area (Å²) in [7, 11) is -7.85. The topological polar surface area (TPSA) is 54.4 Å². The fourth-order valence-corrected chi connectivity index (χ4v) is 1.79. The molecule has 0 bridgehead atoms. The minimum Gasteiger partial charge on any atom is -0.281 e. The molecule has 0 rings (SSSR count). The van der Waals surface area contributed by atoms with Crippen molar-refractivity contribution in [3.8, 4) is 0 Å². The van der Waals surface area contributed by atoms with Crippen molar-refractivity contribution in [2.45, 2.75) is 41.0 Å². The van der Waals surface area contributed by atoms with E-state index in [9.17, 15) is 83.1 Å². The molecule has 21 heteroatoms. The Bertz CT molecular complexity index is 805. The van der Waals surface area contributed by atoms with Gasteiger partial charge in [0, 0.05) is 0 Å². The maximum atomic E-state index is 13.1. The predicted octanol–water partition coefficient (Wildman–Crippen LogP) is 5.36. The summed E-state index contributed by atoms with van der Waals surface area (Å²) in [6.45, 7) is 0. The van der Waals surface area contributed by atoms with Gasteiger partial charge < -0.3 is 0 Å². The van der Waals surface area contributed by atoms with Crippen molar-refractivity contribution in [3.05, 3.63) is 11.7 Å². The average Bonchev–Trinajstić information content (AvgIpc) is 2.50. The van der Waals surface area contributed by atoms with Crippen molar-refractivity contribution in [1.29, 1.82) is 0 Å². The third-order valence-corrected chi connectivity index (χ3v) is 3.89. The molecule has 0 aliphatic rings. The number of allylic oxidation sites excluding steroid dienone is 2. The van der Waals surface area contributed by atoms with Crippen LogP contribution in [0.25, 0.3) is 0 Å². The van der Waals surface area contributed by atoms with E-state index in [0.717, 1.165) is 0 Å². The van der Waals surface area contributed by atoms with Gasteiger partial charge >= 0.3 is 51.2 Å². The molecule has 0 saturated heterocycles. The molecular weight excluding hydrogens is 511 g/mol. The van der Waals surface area contributed by atoms with Gasteiger partial charge in [0.25, 0.3) is 0 Å². The summed E-state index contributed by atoms with van der Waals surface area (Å²) in [6, 6.07) is 0. The Morgan fingerprint density at radius 2 is 0.833 bits per heavy atom. The van der Waals surface area contributed by atoms with Gasteiger partial charge in [0.15, 0.2) is 0 Å². The standard InChI is InChI=1S/C9HF17O3S/c10-1(2(11)4(14,15)16)3(12,13)5(17,18)6(19,20)7(21,22)8(23,24)9(25,26)30(27,28)29/h(H,27,28,29)/b2-1+. The van der Waals surface area contributed by atoms with Crippen LogP contribution in [0.5, 0.6) is 0 Å². The lowest BCUT2D eigenvalue weighted by atomic mass is 9.93. The van der Waals surface area contributed by atoms with Crippen LogP contribution >= 0.6 is 0 Å². The highest BCUT2D eigenvalue weighted by atomic mass is 32.2. The zero-order valence-electron chi connectivity index (χ0n) is 12.6. The number of hydrogen-bond acceptors (Lipinski definition) is 2. The van der Waals surface area contributed by atoms with Crippen molar-refractivity contribution in [2.75, 3.05) is 0 Å². The van der Waals surface area contributed by atoms with Crippen LogP contribution in [0.3, 0.4) is 0 Å². The van der Waals surface area contributed by atoms with Crippen molar-refractivity contribution >= 4 is 10.1 Å². The molecule has 180 valence electrons. The van der Waals surface area contributed by atoms with Gasteiger partial charge in [0.2, 0.25) is 11.7 Å². The van der Waals surface area contributed by atoms with E-state index in [1.807, 2.05) is 0 Å². The van der Waals surface area contributed by atoms with E-state index < -0.39 is 62.8 Å². The molecule has 30 heavy (non-hydrogen) atoms. The molecule has 0 aromatic rings. The van der Waals surface area contributed by atoms with Crippen LogP contribution in [0.2, 0.25) is 0 Å². The Kier molecular flexibility index (Phi) is 6.63. The number of alkyl halides is 15. The van der Waals surface area contributed by atoms with E-state index in [2.05, 4.69) is 0 Å². The first kappa shape index (κ1) is 28.5. The van der Waals surface area contributed by atoms with Gasteiger partial charge in [-0.3, -0.25) is 4.55 Å². The third-order valence-electron chi connectivity index (χ3n) is 2.98. The second-order valence-electron chi connectivity index (χ2n) is 4.99. The molecule has 1 N–H and O–H groups in total. The molecule has 0 aliphatic carbocycles. The molecule has 0 aliphatic heterocycles. The fraction of sp³-hybridized carbons (Fsp3) is 0.778. The van der Waals surface area contributed by atoms with Gasteiger partial charge in [0.1, 0.15) is 0 Å². The molecule has 3 nitrogen and oxygen atoms in total. The molecule has 0 saturated carbocycles. The Hall–Kier alpha value is -1.54. The first-order valence-corrected chi connectivity index (χ1v) is 7.37. The highest BCUT2D eigenvalue weighted by Crippen LogP contribution is 2.62. The smallest absolute Gasteiger partial charge is 0.281 e. The Balaban J connectivity index is 6.93. The molecule has 0 atom stereocenters. The third kappa shape index (κ3) is 3.66. The van der Waals surface area contributed by atoms with E-state index >= 15 is 0 Å². The zero-order valence-corrected chi connectivity index (χ0v) is 13.4. The Morgan fingerprint density at radius 3 is 1.10 bits per heavy atom. The summed E-state index contributed by atoms with van der Waals surface area (Å²) in [5.74, 6) is -52.5. The minimum absolute atomic E-state index is 4.92. The average molecular weight is 512 g/mol. The summed E-state index contributed by atoms with van der Waals surface area (Å²) in [4.78, 5) is 0. The van der Waals surface area contributed by atoms with Crippen LogP contribution in [0.1, 0.15) is 0 Å². The monoisotopic (exact) mass is 512 g/mol. The van der Waals surface area contributed by atoms with Crippen LogP contribution in [-0.4, -0.2) is 54.0 Å². The molecule has 0 aromatic heterocycles. The molecular formula is C9HF17O3S. The molecule has 0 radical (unpaired) electrons. The highest BCUT2D eigenvalue weighted by Gasteiger charge is 2.92. The van der Waals surface area contributed by atoms with Crippen LogP contribution in [0, 0.1) is 0 Å². The fourth-order valence-electron chi connectivity index (χ4n) is 1.34. The summed E-state index contributed by atoms with van der Waals surface area (Å²) in [5.41, 5.74) is 0. The van der Waals surface area contributed by atoms with Gasteiger partial charge in [-0.1, -0.05) is 0 Å². The summed E-state index contributed by atoms with van der Waals surface area (Å²) in [5, 5.41) is -7.79. The summed E-state index contributed by atoms with van der Waals surface area (Å²) >= 11 is 0. The van der Waals surface area contributed by atoms with E-state index in [4.69, 9.17) is 4.55 Å². The number of halogens is 17. The quantitative estimate of drug-likeness (QED) is 0.370. The van der Waals surface area contributed by atoms with Gasteiger partial charge in [-0.05, 0) is 0 Å². The maximum Gasteiger partial charge on any atom is 0.445 e. The van der Waals surface area contributed by atoms with E-state index in [1.54, 1.807) is 0 Å². The molecule has 0 spiro atoms. The van der Waals surface area contributed by atoms with Crippen molar-refractivity contribution < 1.29 is 87.6 Å². The first-order chi connectivity index (χ1) is 12.6. The SMILES string of the molecule is O=S(=O)(O)C(F)(F)C(F)(F)C(F)(F)C(F)(F)C(F)(F)C(F)(F)/C(F)=C(\F)C(F)(F)F. The lowest BCUT2D eigenvalue weighted by Crippen LogP contribution is -2.71. The second kappa shape index (κ2) is 6.99. The molecule has 0 amide bonds. The molecule has 0 aromatic carbocycles. The number of rotatable bonds is 7. The lowest BCUT2D eigenvalue weighted by molar-refractivity contribution is -0.414. The maximum absolute atomic E-state index is 13.1. The van der Waals surface area contributed by atoms with Gasteiger partial charge in [-0.15, -0.1) is 0 Å². The van der Waals surface area contributed by atoms with Crippen LogP contribution in [0.15, 0.2) is 11.7 Å². The number of hydrogen-bond donors (Lipinski definition) is 1. The van der Waals surface area contributed by atoms with Crippen LogP contribution < -0.4 is 0 Å². The van der Waals surface area contributed by atoms with E-state index in [0.29, 0.717) is 0 Å². The largest absolute Gasteiger partial charge is 0.445 e. The normalized spacial score (nSPS) is 17.1. The van der Waals surface area contributed by atoms with Gasteiger partial charge in [-0.2, -0.15) is 78.7 Å². The highest BCUT2D eigenvalue weighted by molar-refractivity contribution is 7.87.